The quantitative estimate of drug-likeness (QED) is 0.671. The Hall–Kier alpha value is -1.59. The molecule has 2 rings (SSSR count). The fourth-order valence-electron chi connectivity index (χ4n) is 1.89. The van der Waals surface area contributed by atoms with Gasteiger partial charge in [-0.15, -0.1) is 0 Å². The van der Waals surface area contributed by atoms with Crippen molar-refractivity contribution < 1.29 is 9.59 Å². The molecule has 6 heteroatoms. The highest BCUT2D eigenvalue weighted by molar-refractivity contribution is 6.31. The Labute approximate surface area is 129 Å². The SMILES string of the molecule is Cc1ccc(Cl)cc1NC(=O)CNCCNC(=O)C1CC1. The number of carbonyl (C=O) groups excluding carboxylic acids is 2. The molecule has 1 aliphatic carbocycles. The first-order chi connectivity index (χ1) is 10.1. The van der Waals surface area contributed by atoms with Gasteiger partial charge in [-0.2, -0.15) is 0 Å². The van der Waals surface area contributed by atoms with E-state index >= 15 is 0 Å². The van der Waals surface area contributed by atoms with Crippen LogP contribution in [0.2, 0.25) is 5.02 Å². The Balaban J connectivity index is 1.63. The molecule has 1 aliphatic rings. The summed E-state index contributed by atoms with van der Waals surface area (Å²) >= 11 is 5.90. The summed E-state index contributed by atoms with van der Waals surface area (Å²) in [5.74, 6) is 0.212. The molecule has 1 fully saturated rings. The maximum Gasteiger partial charge on any atom is 0.238 e. The first kappa shape index (κ1) is 15.8. The molecule has 0 unspecified atom stereocenters. The number of benzene rings is 1. The Morgan fingerprint density at radius 1 is 1.29 bits per heavy atom. The van der Waals surface area contributed by atoms with Crippen LogP contribution in [0.3, 0.4) is 0 Å². The summed E-state index contributed by atoms with van der Waals surface area (Å²) in [6.45, 7) is 3.22. The lowest BCUT2D eigenvalue weighted by atomic mass is 10.2. The average Bonchev–Trinajstić information content (AvgIpc) is 3.27. The molecule has 0 atom stereocenters. The van der Waals surface area contributed by atoms with Crippen molar-refractivity contribution in [3.05, 3.63) is 28.8 Å². The van der Waals surface area contributed by atoms with Crippen LogP contribution in [-0.2, 0) is 9.59 Å². The topological polar surface area (TPSA) is 70.2 Å². The zero-order valence-corrected chi connectivity index (χ0v) is 12.8. The van der Waals surface area contributed by atoms with Crippen LogP contribution >= 0.6 is 11.6 Å². The van der Waals surface area contributed by atoms with Gasteiger partial charge in [0.15, 0.2) is 0 Å². The van der Waals surface area contributed by atoms with Crippen molar-refractivity contribution in [1.29, 1.82) is 0 Å². The summed E-state index contributed by atoms with van der Waals surface area (Å²) in [4.78, 5) is 23.2. The van der Waals surface area contributed by atoms with E-state index in [1.807, 2.05) is 13.0 Å². The number of halogens is 1. The van der Waals surface area contributed by atoms with E-state index in [2.05, 4.69) is 16.0 Å². The van der Waals surface area contributed by atoms with E-state index in [0.29, 0.717) is 18.1 Å². The first-order valence-corrected chi connectivity index (χ1v) is 7.48. The fraction of sp³-hybridized carbons (Fsp3) is 0.467. The minimum atomic E-state index is -0.131. The van der Waals surface area contributed by atoms with E-state index in [4.69, 9.17) is 11.6 Å². The second kappa shape index (κ2) is 7.43. The lowest BCUT2D eigenvalue weighted by Crippen LogP contribution is -2.36. The van der Waals surface area contributed by atoms with Crippen LogP contribution in [0.4, 0.5) is 5.69 Å². The third-order valence-corrected chi connectivity index (χ3v) is 3.54. The molecule has 1 saturated carbocycles. The number of nitrogens with one attached hydrogen (secondary N) is 3. The van der Waals surface area contributed by atoms with Crippen LogP contribution in [-0.4, -0.2) is 31.4 Å². The van der Waals surface area contributed by atoms with Gasteiger partial charge in [-0.05, 0) is 37.5 Å². The summed E-state index contributed by atoms with van der Waals surface area (Å²) in [6.07, 6.45) is 2.00. The van der Waals surface area contributed by atoms with Gasteiger partial charge in [0.25, 0.3) is 0 Å². The zero-order valence-electron chi connectivity index (χ0n) is 12.0. The van der Waals surface area contributed by atoms with Crippen molar-refractivity contribution in [3.8, 4) is 0 Å². The Morgan fingerprint density at radius 2 is 2.05 bits per heavy atom. The van der Waals surface area contributed by atoms with Gasteiger partial charge in [-0.25, -0.2) is 0 Å². The highest BCUT2D eigenvalue weighted by Crippen LogP contribution is 2.28. The van der Waals surface area contributed by atoms with Gasteiger partial charge in [0.05, 0.1) is 6.54 Å². The maximum absolute atomic E-state index is 11.8. The smallest absolute Gasteiger partial charge is 0.238 e. The Kier molecular flexibility index (Phi) is 5.59. The molecule has 0 aliphatic heterocycles. The number of hydrogen-bond acceptors (Lipinski definition) is 3. The first-order valence-electron chi connectivity index (χ1n) is 7.10. The molecule has 0 aromatic heterocycles. The van der Waals surface area contributed by atoms with Crippen molar-refractivity contribution >= 4 is 29.1 Å². The predicted molar refractivity (Wildman–Crippen MR) is 83.4 cm³/mol. The minimum absolute atomic E-state index is 0.121. The van der Waals surface area contributed by atoms with Crippen molar-refractivity contribution in [2.75, 3.05) is 25.0 Å². The molecule has 0 radical (unpaired) electrons. The summed E-state index contributed by atoms with van der Waals surface area (Å²) in [5, 5.41) is 9.22. The third-order valence-electron chi connectivity index (χ3n) is 3.31. The Morgan fingerprint density at radius 3 is 2.76 bits per heavy atom. The lowest BCUT2D eigenvalue weighted by Gasteiger charge is -2.10. The van der Waals surface area contributed by atoms with Gasteiger partial charge < -0.3 is 16.0 Å². The second-order valence-electron chi connectivity index (χ2n) is 5.25. The van der Waals surface area contributed by atoms with Crippen LogP contribution in [0.15, 0.2) is 18.2 Å². The van der Waals surface area contributed by atoms with Crippen LogP contribution in [0.25, 0.3) is 0 Å². The average molecular weight is 310 g/mol. The number of aryl methyl sites for hydroxylation is 1. The highest BCUT2D eigenvalue weighted by Gasteiger charge is 2.28. The largest absolute Gasteiger partial charge is 0.355 e. The van der Waals surface area contributed by atoms with E-state index < -0.39 is 0 Å². The van der Waals surface area contributed by atoms with Crippen LogP contribution < -0.4 is 16.0 Å². The standard InChI is InChI=1S/C15H20ClN3O2/c1-10-2-5-12(16)8-13(10)19-14(20)9-17-6-7-18-15(21)11-3-4-11/h2,5,8,11,17H,3-4,6-7,9H2,1H3,(H,18,21)(H,19,20). The van der Waals surface area contributed by atoms with Crippen LogP contribution in [0, 0.1) is 12.8 Å². The van der Waals surface area contributed by atoms with E-state index in [1.54, 1.807) is 12.1 Å². The molecule has 5 nitrogen and oxygen atoms in total. The van der Waals surface area contributed by atoms with Crippen molar-refractivity contribution in [2.24, 2.45) is 5.92 Å². The number of anilines is 1. The molecule has 114 valence electrons. The van der Waals surface area contributed by atoms with E-state index in [9.17, 15) is 9.59 Å². The second-order valence-corrected chi connectivity index (χ2v) is 5.69. The van der Waals surface area contributed by atoms with E-state index in [1.165, 1.54) is 0 Å². The number of rotatable bonds is 7. The molecule has 1 aromatic rings. The summed E-state index contributed by atoms with van der Waals surface area (Å²) in [6, 6.07) is 5.37. The summed E-state index contributed by atoms with van der Waals surface area (Å²) in [7, 11) is 0. The molecule has 21 heavy (non-hydrogen) atoms. The normalized spacial score (nSPS) is 13.8. The Bertz CT molecular complexity index is 530. The van der Waals surface area contributed by atoms with Gasteiger partial charge in [-0.3, -0.25) is 9.59 Å². The zero-order chi connectivity index (χ0) is 15.2. The van der Waals surface area contributed by atoms with Gasteiger partial charge in [0.2, 0.25) is 11.8 Å². The molecule has 0 bridgehead atoms. The van der Waals surface area contributed by atoms with Crippen molar-refractivity contribution in [2.45, 2.75) is 19.8 Å². The predicted octanol–water partition coefficient (Wildman–Crippen LogP) is 1.70. The number of carbonyl (C=O) groups is 2. The van der Waals surface area contributed by atoms with Crippen molar-refractivity contribution in [1.82, 2.24) is 10.6 Å². The molecule has 2 amide bonds. The fourth-order valence-corrected chi connectivity index (χ4v) is 2.06. The summed E-state index contributed by atoms with van der Waals surface area (Å²) < 4.78 is 0. The van der Waals surface area contributed by atoms with E-state index in [-0.39, 0.29) is 24.3 Å². The minimum Gasteiger partial charge on any atom is -0.355 e. The lowest BCUT2D eigenvalue weighted by molar-refractivity contribution is -0.122. The number of amides is 2. The van der Waals surface area contributed by atoms with E-state index in [0.717, 1.165) is 24.1 Å². The van der Waals surface area contributed by atoms with Gasteiger partial charge >= 0.3 is 0 Å². The van der Waals surface area contributed by atoms with Crippen LogP contribution in [0.5, 0.6) is 0 Å². The molecule has 0 saturated heterocycles. The highest BCUT2D eigenvalue weighted by atomic mass is 35.5. The molecule has 0 heterocycles. The monoisotopic (exact) mass is 309 g/mol. The number of hydrogen-bond donors (Lipinski definition) is 3. The maximum atomic E-state index is 11.8. The van der Waals surface area contributed by atoms with Crippen LogP contribution in [0.1, 0.15) is 18.4 Å². The molecule has 3 N–H and O–H groups in total. The van der Waals surface area contributed by atoms with Crippen molar-refractivity contribution in [3.63, 3.8) is 0 Å². The molecular weight excluding hydrogens is 290 g/mol. The molecular formula is C15H20ClN3O2. The van der Waals surface area contributed by atoms with Gasteiger partial charge in [0.1, 0.15) is 0 Å². The van der Waals surface area contributed by atoms with Gasteiger partial charge in [-0.1, -0.05) is 17.7 Å². The van der Waals surface area contributed by atoms with Gasteiger partial charge in [0, 0.05) is 29.7 Å². The molecule has 1 aromatic carbocycles. The molecule has 0 spiro atoms. The summed E-state index contributed by atoms with van der Waals surface area (Å²) in [5.41, 5.74) is 1.68. The third kappa shape index (κ3) is 5.36.